The third-order valence-corrected chi connectivity index (χ3v) is 9.09. The molecule has 0 bridgehead atoms. The molecule has 1 fully saturated rings. The highest BCUT2D eigenvalue weighted by Gasteiger charge is 2.44. The van der Waals surface area contributed by atoms with Crippen molar-refractivity contribution in [1.82, 2.24) is 9.21 Å². The van der Waals surface area contributed by atoms with Gasteiger partial charge in [-0.05, 0) is 48.5 Å². The number of piperazine rings is 1. The number of carbonyl (C=O) groups excluding carboxylic acids is 1. The zero-order valence-electron chi connectivity index (χ0n) is 15.3. The van der Waals surface area contributed by atoms with Crippen molar-refractivity contribution in [2.75, 3.05) is 19.3 Å². The van der Waals surface area contributed by atoms with E-state index in [-0.39, 0.29) is 25.0 Å². The van der Waals surface area contributed by atoms with Gasteiger partial charge in [0.15, 0.2) is 0 Å². The molecule has 0 N–H and O–H groups in total. The molecule has 0 spiro atoms. The smallest absolute Gasteiger partial charge is 0.330 e. The van der Waals surface area contributed by atoms with Gasteiger partial charge < -0.3 is 4.90 Å². The van der Waals surface area contributed by atoms with Crippen molar-refractivity contribution in [2.24, 2.45) is 3.77 Å². The average Bonchev–Trinajstić information content (AvgIpc) is 2.22. The van der Waals surface area contributed by atoms with Crippen molar-refractivity contribution in [1.29, 1.82) is 0 Å². The van der Waals surface area contributed by atoms with E-state index in [9.17, 15) is 17.4 Å². The van der Waals surface area contributed by atoms with Gasteiger partial charge in [0.25, 0.3) is 0 Å². The van der Waals surface area contributed by atoms with Gasteiger partial charge in [-0.25, -0.2) is 4.21 Å². The molecule has 1 aliphatic heterocycles. The lowest BCUT2D eigenvalue weighted by molar-refractivity contribution is -0.144. The van der Waals surface area contributed by atoms with Crippen LogP contribution in [0.5, 0.6) is 0 Å². The highest BCUT2D eigenvalue weighted by atomic mass is 32.3. The van der Waals surface area contributed by atoms with Crippen LogP contribution in [0.15, 0.2) is 3.77 Å². The Morgan fingerprint density at radius 3 is 2.00 bits per heavy atom. The highest BCUT2D eigenvalue weighted by molar-refractivity contribution is 8.02. The predicted octanol–water partition coefficient (Wildman–Crippen LogP) is 1.46. The summed E-state index contributed by atoms with van der Waals surface area (Å²) in [6.07, 6.45) is 1.34. The molecular formula is C14H29N3O4S2. The molecule has 1 unspecified atom stereocenters. The fourth-order valence-corrected chi connectivity index (χ4v) is 6.08. The molecule has 0 aromatic rings. The van der Waals surface area contributed by atoms with Gasteiger partial charge in [0.1, 0.15) is 0 Å². The second-order valence-corrected chi connectivity index (χ2v) is 12.7. The van der Waals surface area contributed by atoms with E-state index >= 15 is 0 Å². The van der Waals surface area contributed by atoms with Crippen LogP contribution in [-0.4, -0.2) is 63.4 Å². The normalized spacial score (nSPS) is 23.0. The van der Waals surface area contributed by atoms with Crippen LogP contribution in [0.2, 0.25) is 0 Å². The maximum atomic E-state index is 12.6. The van der Waals surface area contributed by atoms with Gasteiger partial charge in [0.05, 0.1) is 21.8 Å². The summed E-state index contributed by atoms with van der Waals surface area (Å²) in [5, 5.41) is 0. The molecule has 0 aromatic carbocycles. The molecule has 136 valence electrons. The summed E-state index contributed by atoms with van der Waals surface area (Å²) in [6, 6.07) is -0.0238. The van der Waals surface area contributed by atoms with Crippen molar-refractivity contribution < 1.29 is 17.4 Å². The van der Waals surface area contributed by atoms with Crippen LogP contribution in [0.4, 0.5) is 0 Å². The van der Waals surface area contributed by atoms with E-state index in [1.165, 1.54) is 6.26 Å². The van der Waals surface area contributed by atoms with Crippen molar-refractivity contribution in [3.05, 3.63) is 0 Å². The van der Waals surface area contributed by atoms with E-state index < -0.39 is 30.2 Å². The SMILES string of the molecule is CC(C)N1C(=O)CN(S(=O)(=O)N=S(C)(=O)C(C)(C)C)CC1(C)C. The van der Waals surface area contributed by atoms with Gasteiger partial charge >= 0.3 is 10.2 Å². The Balaban J connectivity index is 3.27. The molecule has 1 heterocycles. The number of hydrogen-bond acceptors (Lipinski definition) is 4. The van der Waals surface area contributed by atoms with Crippen LogP contribution in [0.25, 0.3) is 0 Å². The fraction of sp³-hybridized carbons (Fsp3) is 0.929. The molecule has 0 aromatic heterocycles. The highest BCUT2D eigenvalue weighted by Crippen LogP contribution is 2.27. The lowest BCUT2D eigenvalue weighted by Crippen LogP contribution is -2.64. The van der Waals surface area contributed by atoms with E-state index in [1.54, 1.807) is 25.7 Å². The van der Waals surface area contributed by atoms with E-state index in [4.69, 9.17) is 0 Å². The van der Waals surface area contributed by atoms with Crippen LogP contribution in [0.1, 0.15) is 48.5 Å². The molecule has 7 nitrogen and oxygen atoms in total. The number of rotatable bonds is 3. The first-order valence-corrected chi connectivity index (χ1v) is 10.9. The Hall–Kier alpha value is -0.670. The summed E-state index contributed by atoms with van der Waals surface area (Å²) < 4.78 is 41.7. The molecule has 1 aliphatic rings. The van der Waals surface area contributed by atoms with E-state index in [1.807, 2.05) is 27.7 Å². The number of nitrogens with zero attached hydrogens (tertiary/aromatic N) is 3. The predicted molar refractivity (Wildman–Crippen MR) is 92.8 cm³/mol. The summed E-state index contributed by atoms with van der Waals surface area (Å²) in [5.41, 5.74) is -0.650. The third kappa shape index (κ3) is 4.24. The van der Waals surface area contributed by atoms with Gasteiger partial charge in [0.2, 0.25) is 5.91 Å². The fourth-order valence-electron chi connectivity index (χ4n) is 2.62. The van der Waals surface area contributed by atoms with Crippen LogP contribution in [0.3, 0.4) is 0 Å². The van der Waals surface area contributed by atoms with Gasteiger partial charge in [-0.15, -0.1) is 0 Å². The molecule has 0 saturated carbocycles. The Bertz CT molecular complexity index is 696. The van der Waals surface area contributed by atoms with Gasteiger partial charge in [-0.3, -0.25) is 4.79 Å². The van der Waals surface area contributed by atoms with Crippen LogP contribution >= 0.6 is 0 Å². The maximum Gasteiger partial charge on any atom is 0.330 e. The molecular weight excluding hydrogens is 338 g/mol. The van der Waals surface area contributed by atoms with Crippen LogP contribution in [-0.2, 0) is 24.7 Å². The van der Waals surface area contributed by atoms with Gasteiger partial charge in [-0.2, -0.15) is 12.7 Å². The Kier molecular flexibility index (Phi) is 5.32. The summed E-state index contributed by atoms with van der Waals surface area (Å²) in [7, 11) is -7.11. The molecule has 1 amide bonds. The van der Waals surface area contributed by atoms with Gasteiger partial charge in [-0.1, -0.05) is 3.77 Å². The lowest BCUT2D eigenvalue weighted by atomic mass is 9.98. The van der Waals surface area contributed by atoms with Crippen molar-refractivity contribution in [2.45, 2.75) is 64.8 Å². The largest absolute Gasteiger partial charge is 0.333 e. The second-order valence-electron chi connectivity index (χ2n) is 7.91. The molecule has 0 aliphatic carbocycles. The number of amides is 1. The Morgan fingerprint density at radius 1 is 1.17 bits per heavy atom. The van der Waals surface area contributed by atoms with Crippen LogP contribution < -0.4 is 0 Å². The summed E-state index contributed by atoms with van der Waals surface area (Å²) in [5.74, 6) is -0.270. The number of hydrogen-bond donors (Lipinski definition) is 0. The zero-order valence-corrected chi connectivity index (χ0v) is 16.9. The van der Waals surface area contributed by atoms with E-state index in [2.05, 4.69) is 3.77 Å². The Labute approximate surface area is 140 Å². The van der Waals surface area contributed by atoms with Crippen molar-refractivity contribution in [3.8, 4) is 0 Å². The third-order valence-electron chi connectivity index (χ3n) is 4.01. The molecule has 1 atom stereocenters. The van der Waals surface area contributed by atoms with Crippen molar-refractivity contribution >= 4 is 25.8 Å². The van der Waals surface area contributed by atoms with Crippen molar-refractivity contribution in [3.63, 3.8) is 0 Å². The monoisotopic (exact) mass is 367 g/mol. The standard InChI is InChI=1S/C14H29N3O4S2/c1-11(2)17-12(18)9-16(10-14(17,6)7)23(20,21)15-22(8,19)13(3,4)5/h11H,9-10H2,1-8H3. The van der Waals surface area contributed by atoms with Gasteiger partial charge in [0, 0.05) is 23.6 Å². The average molecular weight is 368 g/mol. The second kappa shape index (κ2) is 6.00. The minimum Gasteiger partial charge on any atom is -0.333 e. The lowest BCUT2D eigenvalue weighted by Gasteiger charge is -2.47. The summed E-state index contributed by atoms with van der Waals surface area (Å²) in [6.45, 7) is 12.3. The first-order valence-electron chi connectivity index (χ1n) is 7.56. The molecule has 9 heteroatoms. The Morgan fingerprint density at radius 2 is 1.65 bits per heavy atom. The minimum atomic E-state index is -4.14. The topological polar surface area (TPSA) is 87.1 Å². The van der Waals surface area contributed by atoms with Crippen LogP contribution in [0, 0.1) is 0 Å². The maximum absolute atomic E-state index is 12.6. The van der Waals surface area contributed by atoms with E-state index in [0.717, 1.165) is 4.31 Å². The summed E-state index contributed by atoms with van der Waals surface area (Å²) >= 11 is 0. The first kappa shape index (κ1) is 20.4. The van der Waals surface area contributed by atoms with E-state index in [0.29, 0.717) is 0 Å². The quantitative estimate of drug-likeness (QED) is 0.755. The first-order chi connectivity index (χ1) is 10.0. The molecule has 1 rings (SSSR count). The molecule has 23 heavy (non-hydrogen) atoms. The molecule has 1 saturated heterocycles. The number of carbonyl (C=O) groups is 1. The zero-order chi connectivity index (χ0) is 18.4. The minimum absolute atomic E-state index is 0.0238. The molecule has 0 radical (unpaired) electrons. The summed E-state index contributed by atoms with van der Waals surface area (Å²) in [4.78, 5) is 14.1.